The molecule has 1 aliphatic rings. The first-order valence-electron chi connectivity index (χ1n) is 8.71. The van der Waals surface area contributed by atoms with Crippen LogP contribution in [0.25, 0.3) is 11.0 Å². The zero-order chi connectivity index (χ0) is 18.4. The lowest BCUT2D eigenvalue weighted by Crippen LogP contribution is -2.32. The van der Waals surface area contributed by atoms with Gasteiger partial charge in [0.2, 0.25) is 0 Å². The number of aryl methyl sites for hydroxylation is 3. The van der Waals surface area contributed by atoms with Crippen LogP contribution < -0.4 is 15.3 Å². The Labute approximate surface area is 160 Å². The van der Waals surface area contributed by atoms with Crippen molar-refractivity contribution in [3.8, 4) is 5.75 Å². The van der Waals surface area contributed by atoms with Crippen LogP contribution in [-0.4, -0.2) is 6.73 Å². The Morgan fingerprint density at radius 1 is 1.19 bits per heavy atom. The van der Waals surface area contributed by atoms with Crippen LogP contribution in [0.1, 0.15) is 29.2 Å². The fourth-order valence-corrected chi connectivity index (χ4v) is 4.18. The van der Waals surface area contributed by atoms with Gasteiger partial charge < -0.3 is 14.1 Å². The number of hydrogen-bond acceptors (Lipinski definition) is 4. The topological polar surface area (TPSA) is 42.7 Å². The van der Waals surface area contributed by atoms with Gasteiger partial charge in [-0.3, -0.25) is 0 Å². The summed E-state index contributed by atoms with van der Waals surface area (Å²) in [5.41, 5.74) is 5.72. The van der Waals surface area contributed by atoms with Gasteiger partial charge >= 0.3 is 5.63 Å². The Morgan fingerprint density at radius 3 is 2.73 bits per heavy atom. The van der Waals surface area contributed by atoms with Gasteiger partial charge in [-0.1, -0.05) is 22.9 Å². The van der Waals surface area contributed by atoms with Crippen molar-refractivity contribution in [1.82, 2.24) is 0 Å². The molecule has 5 heteroatoms. The molecule has 2 heterocycles. The van der Waals surface area contributed by atoms with Crippen LogP contribution in [0, 0.1) is 13.8 Å². The highest BCUT2D eigenvalue weighted by molar-refractivity contribution is 9.10. The minimum absolute atomic E-state index is 0.305. The highest BCUT2D eigenvalue weighted by Gasteiger charge is 2.23. The third kappa shape index (κ3) is 2.80. The fourth-order valence-electron chi connectivity index (χ4n) is 3.70. The van der Waals surface area contributed by atoms with Crippen LogP contribution in [0.5, 0.6) is 5.75 Å². The first kappa shape index (κ1) is 17.2. The van der Waals surface area contributed by atoms with E-state index in [-0.39, 0.29) is 5.63 Å². The molecular formula is C21H20BrNO3. The van der Waals surface area contributed by atoms with Gasteiger partial charge in [-0.25, -0.2) is 4.79 Å². The summed E-state index contributed by atoms with van der Waals surface area (Å²) in [6.07, 6.45) is 0.788. The lowest BCUT2D eigenvalue weighted by molar-refractivity contribution is 0.287. The zero-order valence-corrected chi connectivity index (χ0v) is 16.6. The van der Waals surface area contributed by atoms with Crippen molar-refractivity contribution in [2.75, 3.05) is 11.6 Å². The van der Waals surface area contributed by atoms with Crippen LogP contribution in [0.4, 0.5) is 5.69 Å². The average Bonchev–Trinajstić information content (AvgIpc) is 2.61. The second-order valence-corrected chi connectivity index (χ2v) is 7.63. The van der Waals surface area contributed by atoms with Crippen LogP contribution >= 0.6 is 15.9 Å². The van der Waals surface area contributed by atoms with Crippen LogP contribution in [0.15, 0.2) is 44.0 Å². The molecule has 1 aliphatic heterocycles. The standard InChI is InChI=1S/C21H20BrNO3/c1-4-14-9-19(24)26-21-13(3)20-15(8-17(14)21)10-23(11-25-20)18-6-5-16(22)7-12(18)2/h5-9H,4,10-11H2,1-3H3. The van der Waals surface area contributed by atoms with Crippen molar-refractivity contribution in [2.24, 2.45) is 0 Å². The Kier molecular flexibility index (Phi) is 4.27. The maximum Gasteiger partial charge on any atom is 0.336 e. The fraction of sp³-hybridized carbons (Fsp3) is 0.286. The van der Waals surface area contributed by atoms with Crippen molar-refractivity contribution in [3.63, 3.8) is 0 Å². The molecule has 4 rings (SSSR count). The van der Waals surface area contributed by atoms with Crippen molar-refractivity contribution < 1.29 is 9.15 Å². The maximum atomic E-state index is 11.9. The summed E-state index contributed by atoms with van der Waals surface area (Å²) < 4.78 is 12.6. The van der Waals surface area contributed by atoms with E-state index in [9.17, 15) is 4.79 Å². The first-order valence-corrected chi connectivity index (χ1v) is 9.50. The van der Waals surface area contributed by atoms with Gasteiger partial charge in [-0.15, -0.1) is 0 Å². The second kappa shape index (κ2) is 6.47. The minimum atomic E-state index is -0.305. The molecule has 0 bridgehead atoms. The van der Waals surface area contributed by atoms with Crippen LogP contribution in [-0.2, 0) is 13.0 Å². The van der Waals surface area contributed by atoms with Gasteiger partial charge in [0.05, 0.1) is 0 Å². The number of anilines is 1. The molecule has 0 aliphatic carbocycles. The molecule has 1 aromatic heterocycles. The number of nitrogens with zero attached hydrogens (tertiary/aromatic N) is 1. The van der Waals surface area contributed by atoms with Crippen molar-refractivity contribution >= 4 is 32.6 Å². The van der Waals surface area contributed by atoms with Crippen molar-refractivity contribution in [1.29, 1.82) is 0 Å². The molecule has 0 unspecified atom stereocenters. The summed E-state index contributed by atoms with van der Waals surface area (Å²) in [5.74, 6) is 0.833. The molecule has 26 heavy (non-hydrogen) atoms. The molecule has 0 saturated carbocycles. The number of fused-ring (bicyclic) bond motifs is 2. The highest BCUT2D eigenvalue weighted by atomic mass is 79.9. The number of benzene rings is 2. The van der Waals surface area contributed by atoms with Gasteiger partial charge in [0.15, 0.2) is 6.73 Å². The first-order chi connectivity index (χ1) is 12.5. The van der Waals surface area contributed by atoms with E-state index in [1.165, 1.54) is 5.56 Å². The number of ether oxygens (including phenoxy) is 1. The van der Waals surface area contributed by atoms with E-state index in [2.05, 4.69) is 52.9 Å². The summed E-state index contributed by atoms with van der Waals surface area (Å²) in [6.45, 7) is 7.35. The molecule has 2 aromatic carbocycles. The predicted molar refractivity (Wildman–Crippen MR) is 107 cm³/mol. The molecule has 134 valence electrons. The SMILES string of the molecule is CCc1cc(=O)oc2c(C)c3c(cc12)CN(c1ccc(Br)cc1C)CO3. The molecule has 0 spiro atoms. The molecule has 0 radical (unpaired) electrons. The summed E-state index contributed by atoms with van der Waals surface area (Å²) in [6, 6.07) is 9.97. The summed E-state index contributed by atoms with van der Waals surface area (Å²) >= 11 is 3.52. The molecule has 4 nitrogen and oxygen atoms in total. The van der Waals surface area contributed by atoms with Crippen molar-refractivity contribution in [2.45, 2.75) is 33.7 Å². The maximum absolute atomic E-state index is 11.9. The summed E-state index contributed by atoms with van der Waals surface area (Å²) in [5, 5.41) is 1.00. The quantitative estimate of drug-likeness (QED) is 0.548. The van der Waals surface area contributed by atoms with Gasteiger partial charge in [-0.05, 0) is 55.7 Å². The molecule has 0 saturated heterocycles. The van der Waals surface area contributed by atoms with E-state index in [4.69, 9.17) is 9.15 Å². The monoisotopic (exact) mass is 413 g/mol. The average molecular weight is 414 g/mol. The Hall–Kier alpha value is -2.27. The number of halogens is 1. The highest BCUT2D eigenvalue weighted by Crippen LogP contribution is 2.37. The Morgan fingerprint density at radius 2 is 2.00 bits per heavy atom. The molecule has 0 atom stereocenters. The molecule has 3 aromatic rings. The Bertz CT molecular complexity index is 1070. The predicted octanol–water partition coefficient (Wildman–Crippen LogP) is 5.09. The smallest absolute Gasteiger partial charge is 0.336 e. The van der Waals surface area contributed by atoms with Gasteiger partial charge in [0.1, 0.15) is 11.3 Å². The second-order valence-electron chi connectivity index (χ2n) is 6.71. The summed E-state index contributed by atoms with van der Waals surface area (Å²) in [4.78, 5) is 14.1. The number of hydrogen-bond donors (Lipinski definition) is 0. The summed E-state index contributed by atoms with van der Waals surface area (Å²) in [7, 11) is 0. The van der Waals surface area contributed by atoms with E-state index < -0.39 is 0 Å². The van der Waals surface area contributed by atoms with E-state index in [0.29, 0.717) is 12.3 Å². The van der Waals surface area contributed by atoms with Gasteiger partial charge in [-0.2, -0.15) is 0 Å². The van der Waals surface area contributed by atoms with E-state index in [1.807, 2.05) is 13.0 Å². The number of rotatable bonds is 2. The van der Waals surface area contributed by atoms with E-state index in [0.717, 1.165) is 51.0 Å². The molecule has 0 amide bonds. The lowest BCUT2D eigenvalue weighted by Gasteiger charge is -2.33. The third-order valence-corrected chi connectivity index (χ3v) is 5.48. The normalized spacial score (nSPS) is 13.6. The minimum Gasteiger partial charge on any atom is -0.472 e. The lowest BCUT2D eigenvalue weighted by atomic mass is 9.99. The molecular weight excluding hydrogens is 394 g/mol. The Balaban J connectivity index is 1.83. The van der Waals surface area contributed by atoms with Crippen molar-refractivity contribution in [3.05, 3.63) is 67.5 Å². The van der Waals surface area contributed by atoms with Crippen LogP contribution in [0.3, 0.4) is 0 Å². The molecule has 0 N–H and O–H groups in total. The molecule has 0 fully saturated rings. The zero-order valence-electron chi connectivity index (χ0n) is 15.1. The van der Waals surface area contributed by atoms with Gasteiger partial charge in [0, 0.05) is 39.3 Å². The third-order valence-electron chi connectivity index (χ3n) is 4.98. The van der Waals surface area contributed by atoms with E-state index >= 15 is 0 Å². The van der Waals surface area contributed by atoms with E-state index in [1.54, 1.807) is 6.07 Å². The largest absolute Gasteiger partial charge is 0.472 e. The van der Waals surface area contributed by atoms with Crippen LogP contribution in [0.2, 0.25) is 0 Å². The van der Waals surface area contributed by atoms with Gasteiger partial charge in [0.25, 0.3) is 0 Å².